The predicted octanol–water partition coefficient (Wildman–Crippen LogP) is 0.506. The molecule has 0 rings (SSSR count). The van der Waals surface area contributed by atoms with Crippen molar-refractivity contribution in [3.63, 3.8) is 0 Å². The van der Waals surface area contributed by atoms with Gasteiger partial charge >= 0.3 is 6.23 Å². The van der Waals surface area contributed by atoms with Gasteiger partial charge in [-0.3, -0.25) is 0 Å². The van der Waals surface area contributed by atoms with E-state index in [-0.39, 0.29) is 0 Å². The maximum Gasteiger partial charge on any atom is 0.448 e. The first-order valence-electron chi connectivity index (χ1n) is 2.03. The van der Waals surface area contributed by atoms with Gasteiger partial charge in [-0.25, -0.2) is 0 Å². The fourth-order valence-corrected chi connectivity index (χ4v) is 0.250. The molecule has 50 valence electrons. The zero-order valence-corrected chi connectivity index (χ0v) is 5.10. The highest BCUT2D eigenvalue weighted by Gasteiger charge is 2.27. The van der Waals surface area contributed by atoms with Crippen LogP contribution in [-0.4, -0.2) is 27.6 Å². The van der Waals surface area contributed by atoms with Crippen LogP contribution in [0.2, 0.25) is 0 Å². The summed E-state index contributed by atoms with van der Waals surface area (Å²) in [6.07, 6.45) is -2.38. The van der Waals surface area contributed by atoms with E-state index in [1.165, 1.54) is 0 Å². The maximum atomic E-state index is 12.3. The molecule has 0 aromatic heterocycles. The van der Waals surface area contributed by atoms with Crippen LogP contribution in [0.4, 0.5) is 4.39 Å². The van der Waals surface area contributed by atoms with Crippen molar-refractivity contribution in [2.45, 2.75) is 6.23 Å². The first kappa shape index (κ1) is 7.81. The molecule has 0 saturated heterocycles. The van der Waals surface area contributed by atoms with Gasteiger partial charge in [-0.05, 0) is 0 Å². The summed E-state index contributed by atoms with van der Waals surface area (Å²) >= 11 is 0. The SMILES string of the molecule is COC(F)(OC)OC. The molecule has 0 aliphatic rings. The highest BCUT2D eigenvalue weighted by Crippen LogP contribution is 2.11. The third-order valence-corrected chi connectivity index (χ3v) is 0.731. The zero-order valence-electron chi connectivity index (χ0n) is 5.10. The number of methoxy groups -OCH3 is 3. The van der Waals surface area contributed by atoms with Gasteiger partial charge in [-0.15, -0.1) is 0 Å². The molecule has 0 unspecified atom stereocenters. The fourth-order valence-electron chi connectivity index (χ4n) is 0.250. The Hall–Kier alpha value is -0.190. The quantitative estimate of drug-likeness (QED) is 0.513. The Bertz CT molecular complexity index is 54.0. The van der Waals surface area contributed by atoms with E-state index in [2.05, 4.69) is 14.2 Å². The Morgan fingerprint density at radius 1 is 1.00 bits per heavy atom. The Morgan fingerprint density at radius 2 is 1.25 bits per heavy atom. The van der Waals surface area contributed by atoms with E-state index in [1.807, 2.05) is 0 Å². The van der Waals surface area contributed by atoms with Crippen LogP contribution >= 0.6 is 0 Å². The molecular formula is C4H9FO3. The molecule has 0 heterocycles. The molecule has 8 heavy (non-hydrogen) atoms. The van der Waals surface area contributed by atoms with E-state index in [1.54, 1.807) is 0 Å². The molecule has 0 spiro atoms. The number of halogens is 1. The molecule has 0 fully saturated rings. The van der Waals surface area contributed by atoms with Gasteiger partial charge in [0.1, 0.15) is 0 Å². The number of rotatable bonds is 3. The minimum Gasteiger partial charge on any atom is -0.303 e. The lowest BCUT2D eigenvalue weighted by Crippen LogP contribution is -2.29. The van der Waals surface area contributed by atoms with Crippen molar-refractivity contribution in [3.8, 4) is 0 Å². The second-order valence-corrected chi connectivity index (χ2v) is 1.09. The van der Waals surface area contributed by atoms with Crippen molar-refractivity contribution in [3.05, 3.63) is 0 Å². The van der Waals surface area contributed by atoms with Gasteiger partial charge in [-0.2, -0.15) is 4.39 Å². The Labute approximate surface area is 47.3 Å². The summed E-state index contributed by atoms with van der Waals surface area (Å²) < 4.78 is 24.7. The minimum absolute atomic E-state index is 1.15. The predicted molar refractivity (Wildman–Crippen MR) is 24.9 cm³/mol. The molecule has 0 bridgehead atoms. The van der Waals surface area contributed by atoms with Crippen molar-refractivity contribution in [1.82, 2.24) is 0 Å². The van der Waals surface area contributed by atoms with Crippen molar-refractivity contribution >= 4 is 0 Å². The highest BCUT2D eigenvalue weighted by molar-refractivity contribution is 4.25. The molecule has 3 nitrogen and oxygen atoms in total. The van der Waals surface area contributed by atoms with E-state index in [0.717, 1.165) is 21.3 Å². The number of hydrogen-bond acceptors (Lipinski definition) is 3. The minimum atomic E-state index is -2.38. The van der Waals surface area contributed by atoms with Crippen LogP contribution in [0.15, 0.2) is 0 Å². The third kappa shape index (κ3) is 1.73. The van der Waals surface area contributed by atoms with Crippen molar-refractivity contribution in [2.75, 3.05) is 21.3 Å². The van der Waals surface area contributed by atoms with Crippen LogP contribution in [0, 0.1) is 0 Å². The summed E-state index contributed by atoms with van der Waals surface area (Å²) in [5.74, 6) is 0. The number of ether oxygens (including phenoxy) is 3. The van der Waals surface area contributed by atoms with Crippen LogP contribution in [0.5, 0.6) is 0 Å². The molecule has 0 aliphatic heterocycles. The van der Waals surface area contributed by atoms with Gasteiger partial charge in [0, 0.05) is 21.3 Å². The van der Waals surface area contributed by atoms with Gasteiger partial charge in [0.05, 0.1) is 0 Å². The van der Waals surface area contributed by atoms with E-state index in [9.17, 15) is 4.39 Å². The van der Waals surface area contributed by atoms with E-state index < -0.39 is 6.23 Å². The normalized spacial score (nSPS) is 12.0. The van der Waals surface area contributed by atoms with Gasteiger partial charge < -0.3 is 14.2 Å². The van der Waals surface area contributed by atoms with Gasteiger partial charge in [0.15, 0.2) is 0 Å². The molecule has 4 heteroatoms. The van der Waals surface area contributed by atoms with Gasteiger partial charge in [-0.1, -0.05) is 0 Å². The molecule has 0 N–H and O–H groups in total. The van der Waals surface area contributed by atoms with Crippen LogP contribution in [0.1, 0.15) is 0 Å². The summed E-state index contributed by atoms with van der Waals surface area (Å²) in [4.78, 5) is 0. The fraction of sp³-hybridized carbons (Fsp3) is 1.00. The molecule has 0 amide bonds. The lowest BCUT2D eigenvalue weighted by atomic mass is 11.1. The average molecular weight is 124 g/mol. The molecule has 0 radical (unpaired) electrons. The first-order valence-corrected chi connectivity index (χ1v) is 2.03. The van der Waals surface area contributed by atoms with Crippen LogP contribution in [-0.2, 0) is 14.2 Å². The number of alkyl halides is 1. The van der Waals surface area contributed by atoms with Gasteiger partial charge in [0.2, 0.25) is 0 Å². The highest BCUT2D eigenvalue weighted by atomic mass is 19.2. The molecule has 0 saturated carbocycles. The summed E-state index contributed by atoms with van der Waals surface area (Å²) in [6, 6.07) is 0. The topological polar surface area (TPSA) is 27.7 Å². The molecule has 0 aromatic carbocycles. The maximum absolute atomic E-state index is 12.3. The Morgan fingerprint density at radius 3 is 1.25 bits per heavy atom. The van der Waals surface area contributed by atoms with Crippen LogP contribution in [0.25, 0.3) is 0 Å². The summed E-state index contributed by atoms with van der Waals surface area (Å²) in [6.45, 7) is 0. The lowest BCUT2D eigenvalue weighted by molar-refractivity contribution is -0.425. The third-order valence-electron chi connectivity index (χ3n) is 0.731. The average Bonchev–Trinajstić information content (AvgIpc) is 1.87. The monoisotopic (exact) mass is 124 g/mol. The summed E-state index contributed by atoms with van der Waals surface area (Å²) in [5, 5.41) is 0. The molecular weight excluding hydrogens is 115 g/mol. The number of hydrogen-bond donors (Lipinski definition) is 0. The van der Waals surface area contributed by atoms with E-state index in [4.69, 9.17) is 0 Å². The standard InChI is InChI=1S/C4H9FO3/c1-6-4(5,7-2)8-3/h1-3H3. The smallest absolute Gasteiger partial charge is 0.303 e. The molecule has 0 atom stereocenters. The Balaban J connectivity index is 3.58. The van der Waals surface area contributed by atoms with E-state index >= 15 is 0 Å². The summed E-state index contributed by atoms with van der Waals surface area (Å²) in [7, 11) is 3.44. The lowest BCUT2D eigenvalue weighted by Gasteiger charge is -2.17. The second kappa shape index (κ2) is 2.96. The largest absolute Gasteiger partial charge is 0.448 e. The van der Waals surface area contributed by atoms with E-state index in [0.29, 0.717) is 0 Å². The van der Waals surface area contributed by atoms with Crippen molar-refractivity contribution < 1.29 is 18.6 Å². The van der Waals surface area contributed by atoms with Crippen molar-refractivity contribution in [2.24, 2.45) is 0 Å². The molecule has 0 aromatic rings. The zero-order chi connectivity index (χ0) is 6.62. The van der Waals surface area contributed by atoms with Crippen LogP contribution < -0.4 is 0 Å². The first-order chi connectivity index (χ1) is 3.68. The van der Waals surface area contributed by atoms with Crippen molar-refractivity contribution in [1.29, 1.82) is 0 Å². The Kier molecular flexibility index (Phi) is 2.89. The molecule has 0 aliphatic carbocycles. The summed E-state index contributed by atoms with van der Waals surface area (Å²) in [5.41, 5.74) is 0. The van der Waals surface area contributed by atoms with Crippen LogP contribution in [0.3, 0.4) is 0 Å². The second-order valence-electron chi connectivity index (χ2n) is 1.09. The van der Waals surface area contributed by atoms with Gasteiger partial charge in [0.25, 0.3) is 0 Å².